The van der Waals surface area contributed by atoms with Gasteiger partial charge in [-0.1, -0.05) is 18.2 Å². The lowest BCUT2D eigenvalue weighted by Gasteiger charge is -2.16. The molecule has 0 saturated carbocycles. The Kier molecular flexibility index (Phi) is 5.36. The van der Waals surface area contributed by atoms with Crippen LogP contribution in [0.4, 0.5) is 4.39 Å². The highest BCUT2D eigenvalue weighted by Crippen LogP contribution is 2.24. The van der Waals surface area contributed by atoms with E-state index in [2.05, 4.69) is 5.32 Å². The van der Waals surface area contributed by atoms with Crippen molar-refractivity contribution in [1.82, 2.24) is 5.32 Å². The Bertz CT molecular complexity index is 740. The van der Waals surface area contributed by atoms with Crippen molar-refractivity contribution in [3.63, 3.8) is 0 Å². The summed E-state index contributed by atoms with van der Waals surface area (Å²) in [4.78, 5) is 23.8. The van der Waals surface area contributed by atoms with Crippen LogP contribution in [-0.4, -0.2) is 31.2 Å². The molecule has 7 heteroatoms. The summed E-state index contributed by atoms with van der Waals surface area (Å²) < 4.78 is 24.0. The lowest BCUT2D eigenvalue weighted by atomic mass is 10.1. The van der Waals surface area contributed by atoms with Gasteiger partial charge in [-0.05, 0) is 18.2 Å². The van der Waals surface area contributed by atoms with Crippen molar-refractivity contribution >= 4 is 11.9 Å². The van der Waals surface area contributed by atoms with E-state index in [-0.39, 0.29) is 11.1 Å². The predicted octanol–water partition coefficient (Wildman–Crippen LogP) is 2.40. The van der Waals surface area contributed by atoms with E-state index < -0.39 is 23.7 Å². The summed E-state index contributed by atoms with van der Waals surface area (Å²) in [5.41, 5.74) is 0.00185. The number of carbonyl (C=O) groups is 2. The Balaban J connectivity index is 2.32. The van der Waals surface area contributed by atoms with E-state index >= 15 is 0 Å². The Hall–Kier alpha value is -3.09. The molecule has 2 N–H and O–H groups in total. The molecule has 0 aliphatic carbocycles. The zero-order valence-corrected chi connectivity index (χ0v) is 13.1. The monoisotopic (exact) mass is 333 g/mol. The number of aliphatic carboxylic acids is 1. The van der Waals surface area contributed by atoms with Crippen molar-refractivity contribution in [3.05, 3.63) is 59.4 Å². The summed E-state index contributed by atoms with van der Waals surface area (Å²) >= 11 is 0. The van der Waals surface area contributed by atoms with E-state index in [0.29, 0.717) is 11.5 Å². The average molecular weight is 333 g/mol. The molecule has 0 saturated heterocycles. The molecule has 0 aromatic heterocycles. The van der Waals surface area contributed by atoms with Gasteiger partial charge in [-0.3, -0.25) is 4.79 Å². The van der Waals surface area contributed by atoms with Crippen LogP contribution >= 0.6 is 0 Å². The second-order valence-corrected chi connectivity index (χ2v) is 4.87. The number of halogens is 1. The SMILES string of the molecule is COc1cc(OC)cc(C(=O)NC(C(=O)O)c2ccccc2F)c1. The molecule has 2 aromatic rings. The van der Waals surface area contributed by atoms with Gasteiger partial charge in [-0.2, -0.15) is 0 Å². The number of carbonyl (C=O) groups excluding carboxylic acids is 1. The van der Waals surface area contributed by atoms with Crippen LogP contribution in [0.1, 0.15) is 22.0 Å². The van der Waals surface area contributed by atoms with Crippen LogP contribution in [0.5, 0.6) is 11.5 Å². The molecule has 24 heavy (non-hydrogen) atoms. The number of rotatable bonds is 6. The highest BCUT2D eigenvalue weighted by molar-refractivity contribution is 5.97. The van der Waals surface area contributed by atoms with E-state index in [4.69, 9.17) is 9.47 Å². The summed E-state index contributed by atoms with van der Waals surface area (Å²) in [5, 5.41) is 11.6. The van der Waals surface area contributed by atoms with E-state index in [1.165, 1.54) is 44.6 Å². The molecule has 1 amide bonds. The summed E-state index contributed by atoms with van der Waals surface area (Å²) in [5.74, 6) is -2.03. The number of nitrogens with one attached hydrogen (secondary N) is 1. The van der Waals surface area contributed by atoms with Gasteiger partial charge in [0.1, 0.15) is 17.3 Å². The first-order valence-electron chi connectivity index (χ1n) is 6.97. The normalized spacial score (nSPS) is 11.5. The minimum absolute atomic E-state index is 0.131. The number of hydrogen-bond donors (Lipinski definition) is 2. The van der Waals surface area contributed by atoms with Crippen LogP contribution in [0.15, 0.2) is 42.5 Å². The summed E-state index contributed by atoms with van der Waals surface area (Å²) in [6, 6.07) is 8.28. The van der Waals surface area contributed by atoms with E-state index in [9.17, 15) is 19.1 Å². The maximum atomic E-state index is 13.8. The van der Waals surface area contributed by atoms with E-state index in [1.54, 1.807) is 6.07 Å². The van der Waals surface area contributed by atoms with Gasteiger partial charge in [0.05, 0.1) is 14.2 Å². The fourth-order valence-corrected chi connectivity index (χ4v) is 2.13. The van der Waals surface area contributed by atoms with Crippen LogP contribution < -0.4 is 14.8 Å². The Morgan fingerprint density at radius 3 is 2.17 bits per heavy atom. The zero-order chi connectivity index (χ0) is 17.7. The second kappa shape index (κ2) is 7.45. The predicted molar refractivity (Wildman–Crippen MR) is 83.8 cm³/mol. The minimum Gasteiger partial charge on any atom is -0.497 e. The smallest absolute Gasteiger partial charge is 0.331 e. The molecule has 0 bridgehead atoms. The minimum atomic E-state index is -1.52. The van der Waals surface area contributed by atoms with Crippen LogP contribution in [0.2, 0.25) is 0 Å². The third-order valence-corrected chi connectivity index (χ3v) is 3.35. The number of carboxylic acids is 1. The first-order valence-corrected chi connectivity index (χ1v) is 6.97. The van der Waals surface area contributed by atoms with Crippen LogP contribution in [0.3, 0.4) is 0 Å². The molecular weight excluding hydrogens is 317 g/mol. The van der Waals surface area contributed by atoms with E-state index in [1.807, 2.05) is 0 Å². The van der Waals surface area contributed by atoms with Crippen LogP contribution in [-0.2, 0) is 4.79 Å². The highest BCUT2D eigenvalue weighted by Gasteiger charge is 2.25. The Morgan fingerprint density at radius 2 is 1.67 bits per heavy atom. The number of methoxy groups -OCH3 is 2. The van der Waals surface area contributed by atoms with Crippen molar-refractivity contribution in [2.45, 2.75) is 6.04 Å². The number of benzene rings is 2. The van der Waals surface area contributed by atoms with Gasteiger partial charge >= 0.3 is 5.97 Å². The van der Waals surface area contributed by atoms with Gasteiger partial charge in [-0.25, -0.2) is 9.18 Å². The topological polar surface area (TPSA) is 84.9 Å². The standard InChI is InChI=1S/C17H16FNO5/c1-23-11-7-10(8-12(9-11)24-2)16(20)19-15(17(21)22)13-5-3-4-6-14(13)18/h3-9,15H,1-2H3,(H,19,20)(H,21,22). The van der Waals surface area contributed by atoms with E-state index in [0.717, 1.165) is 6.07 Å². The van der Waals surface area contributed by atoms with Gasteiger partial charge in [0.2, 0.25) is 0 Å². The van der Waals surface area contributed by atoms with Crippen LogP contribution in [0.25, 0.3) is 0 Å². The van der Waals surface area contributed by atoms with Gasteiger partial charge in [0, 0.05) is 17.2 Å². The quantitative estimate of drug-likeness (QED) is 0.848. The van der Waals surface area contributed by atoms with Gasteiger partial charge < -0.3 is 19.9 Å². The average Bonchev–Trinajstić information content (AvgIpc) is 2.59. The molecule has 6 nitrogen and oxygen atoms in total. The summed E-state index contributed by atoms with van der Waals surface area (Å²) in [7, 11) is 2.85. The largest absolute Gasteiger partial charge is 0.497 e. The third-order valence-electron chi connectivity index (χ3n) is 3.35. The molecule has 0 fully saturated rings. The van der Waals surface area contributed by atoms with Crippen molar-refractivity contribution in [3.8, 4) is 11.5 Å². The zero-order valence-electron chi connectivity index (χ0n) is 13.1. The molecule has 1 atom stereocenters. The fourth-order valence-electron chi connectivity index (χ4n) is 2.13. The van der Waals surface area contributed by atoms with Crippen molar-refractivity contribution in [2.75, 3.05) is 14.2 Å². The Labute approximate surface area is 137 Å². The number of ether oxygens (including phenoxy) is 2. The lowest BCUT2D eigenvalue weighted by Crippen LogP contribution is -2.34. The third kappa shape index (κ3) is 3.81. The van der Waals surface area contributed by atoms with Gasteiger partial charge in [-0.15, -0.1) is 0 Å². The van der Waals surface area contributed by atoms with Crippen molar-refractivity contribution < 1.29 is 28.6 Å². The molecule has 0 aliphatic rings. The first kappa shape index (κ1) is 17.3. The van der Waals surface area contributed by atoms with Gasteiger partial charge in [0.15, 0.2) is 6.04 Å². The van der Waals surface area contributed by atoms with Crippen LogP contribution in [0, 0.1) is 5.82 Å². The van der Waals surface area contributed by atoms with Gasteiger partial charge in [0.25, 0.3) is 5.91 Å². The number of amides is 1. The molecule has 0 spiro atoms. The molecule has 1 unspecified atom stereocenters. The van der Waals surface area contributed by atoms with Crippen molar-refractivity contribution in [1.29, 1.82) is 0 Å². The molecule has 2 aromatic carbocycles. The molecule has 0 heterocycles. The second-order valence-electron chi connectivity index (χ2n) is 4.87. The highest BCUT2D eigenvalue weighted by atomic mass is 19.1. The first-order chi connectivity index (χ1) is 11.5. The summed E-state index contributed by atoms with van der Waals surface area (Å²) in [6.45, 7) is 0. The fraction of sp³-hybridized carbons (Fsp3) is 0.176. The summed E-state index contributed by atoms with van der Waals surface area (Å²) in [6.07, 6.45) is 0. The molecule has 2 rings (SSSR count). The molecule has 126 valence electrons. The molecule has 0 aliphatic heterocycles. The molecule has 0 radical (unpaired) electrons. The molecular formula is C17H16FNO5. The Morgan fingerprint density at radius 1 is 1.08 bits per heavy atom. The maximum absolute atomic E-state index is 13.8. The van der Waals surface area contributed by atoms with Crippen molar-refractivity contribution in [2.24, 2.45) is 0 Å². The number of carboxylic acid groups (broad SMARTS) is 1. The lowest BCUT2D eigenvalue weighted by molar-refractivity contribution is -0.139. The maximum Gasteiger partial charge on any atom is 0.331 e. The number of hydrogen-bond acceptors (Lipinski definition) is 4.